The minimum atomic E-state index is -0.951. The highest BCUT2D eigenvalue weighted by molar-refractivity contribution is 5.77. The van der Waals surface area contributed by atoms with Crippen LogP contribution < -0.4 is 22.5 Å². The van der Waals surface area contributed by atoms with Gasteiger partial charge >= 0.3 is 11.4 Å². The van der Waals surface area contributed by atoms with Gasteiger partial charge in [-0.15, -0.1) is 0 Å². The van der Waals surface area contributed by atoms with Gasteiger partial charge in [0.25, 0.3) is 11.1 Å². The lowest BCUT2D eigenvalue weighted by Crippen LogP contribution is -2.23. The van der Waals surface area contributed by atoms with E-state index in [1.807, 2.05) is 9.97 Å². The summed E-state index contributed by atoms with van der Waals surface area (Å²) >= 11 is 0. The number of H-pyrrole nitrogens is 4. The Morgan fingerprint density at radius 1 is 0.652 bits per heavy atom. The van der Waals surface area contributed by atoms with Gasteiger partial charge in [0, 0.05) is 0 Å². The second-order valence-electron chi connectivity index (χ2n) is 10.7. The zero-order chi connectivity index (χ0) is 33.4. The molecule has 4 aromatic heterocycles. The van der Waals surface area contributed by atoms with Crippen LogP contribution in [0.4, 0.5) is 17.6 Å². The van der Waals surface area contributed by atoms with Gasteiger partial charge in [-0.1, -0.05) is 24.3 Å². The van der Waals surface area contributed by atoms with E-state index in [1.165, 1.54) is 21.5 Å². The molecule has 240 valence electrons. The largest absolute Gasteiger partial charge is 0.327 e. The summed E-state index contributed by atoms with van der Waals surface area (Å²) < 4.78 is 56.5. The van der Waals surface area contributed by atoms with Crippen molar-refractivity contribution >= 4 is 22.1 Å². The van der Waals surface area contributed by atoms with Crippen molar-refractivity contribution in [1.82, 2.24) is 39.5 Å². The summed E-state index contributed by atoms with van der Waals surface area (Å²) in [5.41, 5.74) is -0.578. The molecular weight excluding hydrogens is 612 g/mol. The molecule has 0 aliphatic heterocycles. The maximum Gasteiger partial charge on any atom is 0.327 e. The predicted molar refractivity (Wildman–Crippen MR) is 161 cm³/mol. The van der Waals surface area contributed by atoms with Gasteiger partial charge in [-0.05, 0) is 62.1 Å². The van der Waals surface area contributed by atoms with E-state index >= 15 is 0 Å². The van der Waals surface area contributed by atoms with Crippen molar-refractivity contribution in [3.05, 3.63) is 123 Å². The average Bonchev–Trinajstić information content (AvgIpc) is 3.58. The molecule has 0 aliphatic rings. The Morgan fingerprint density at radius 2 is 1.02 bits per heavy atom. The molecular formula is C30H28F4N8O4. The minimum Gasteiger partial charge on any atom is -0.291 e. The van der Waals surface area contributed by atoms with Crippen LogP contribution in [0.1, 0.15) is 59.6 Å². The molecule has 4 heterocycles. The Labute approximate surface area is 255 Å². The summed E-state index contributed by atoms with van der Waals surface area (Å²) in [5, 5.41) is 8.12. The van der Waals surface area contributed by atoms with Crippen molar-refractivity contribution in [2.75, 3.05) is 0 Å². The van der Waals surface area contributed by atoms with Crippen LogP contribution in [0.2, 0.25) is 0 Å². The third kappa shape index (κ3) is 5.80. The number of halogens is 4. The third-order valence-electron chi connectivity index (χ3n) is 7.68. The number of aromatic amines is 4. The van der Waals surface area contributed by atoms with Crippen LogP contribution in [-0.2, 0) is 13.3 Å². The molecule has 0 bridgehead atoms. The van der Waals surface area contributed by atoms with Crippen LogP contribution in [0.25, 0.3) is 22.1 Å². The van der Waals surface area contributed by atoms with E-state index in [9.17, 15) is 36.7 Å². The maximum absolute atomic E-state index is 13.8. The number of benzene rings is 2. The molecule has 16 heteroatoms. The monoisotopic (exact) mass is 640 g/mol. The van der Waals surface area contributed by atoms with Crippen molar-refractivity contribution in [3.63, 3.8) is 0 Å². The molecule has 2 atom stereocenters. The lowest BCUT2D eigenvalue weighted by atomic mass is 10.1. The van der Waals surface area contributed by atoms with Gasteiger partial charge < -0.3 is 0 Å². The molecule has 0 saturated carbocycles. The van der Waals surface area contributed by atoms with Crippen molar-refractivity contribution in [1.29, 1.82) is 0 Å². The van der Waals surface area contributed by atoms with Crippen LogP contribution in [0.3, 0.4) is 0 Å². The summed E-state index contributed by atoms with van der Waals surface area (Å²) in [6, 6.07) is 8.41. The highest BCUT2D eigenvalue weighted by atomic mass is 19.1. The van der Waals surface area contributed by atoms with E-state index in [4.69, 9.17) is 0 Å². The lowest BCUT2D eigenvalue weighted by molar-refractivity contribution is 0.464. The number of fused-ring (bicyclic) bond motifs is 2. The minimum absolute atomic E-state index is 0.00784. The van der Waals surface area contributed by atoms with Crippen LogP contribution in [0.5, 0.6) is 0 Å². The zero-order valence-electron chi connectivity index (χ0n) is 25.0. The summed E-state index contributed by atoms with van der Waals surface area (Å²) in [6.45, 7) is 4.83. The van der Waals surface area contributed by atoms with E-state index in [2.05, 4.69) is 20.2 Å². The molecule has 6 aromatic rings. The Kier molecular flexibility index (Phi) is 8.63. The van der Waals surface area contributed by atoms with E-state index in [-0.39, 0.29) is 45.1 Å². The maximum atomic E-state index is 13.8. The number of hydrogen-bond donors (Lipinski definition) is 4. The van der Waals surface area contributed by atoms with Gasteiger partial charge in [0.15, 0.2) is 0 Å². The van der Waals surface area contributed by atoms with Crippen molar-refractivity contribution in [2.24, 2.45) is 0 Å². The first-order valence-corrected chi connectivity index (χ1v) is 14.0. The lowest BCUT2D eigenvalue weighted by Gasteiger charge is -2.14. The Hall–Kier alpha value is -5.54. The van der Waals surface area contributed by atoms with E-state index in [0.717, 1.165) is 0 Å². The number of aryl methyl sites for hydroxylation is 2. The van der Waals surface area contributed by atoms with Crippen molar-refractivity contribution < 1.29 is 17.6 Å². The molecule has 0 unspecified atom stereocenters. The second kappa shape index (κ2) is 12.5. The zero-order valence-corrected chi connectivity index (χ0v) is 25.0. The highest BCUT2D eigenvalue weighted by Crippen LogP contribution is 2.25. The van der Waals surface area contributed by atoms with Crippen molar-refractivity contribution in [3.8, 4) is 0 Å². The average molecular weight is 641 g/mol. The van der Waals surface area contributed by atoms with Gasteiger partial charge in [0.05, 0.1) is 12.1 Å². The normalized spacial score (nSPS) is 12.7. The quantitative estimate of drug-likeness (QED) is 0.202. The number of nitrogens with zero attached hydrogens (tertiary/aromatic N) is 4. The van der Waals surface area contributed by atoms with Gasteiger partial charge in [-0.2, -0.15) is 10.2 Å². The Bertz CT molecular complexity index is 2170. The summed E-state index contributed by atoms with van der Waals surface area (Å²) in [7, 11) is 0. The third-order valence-corrected chi connectivity index (χ3v) is 7.68. The first-order valence-electron chi connectivity index (χ1n) is 14.0. The van der Waals surface area contributed by atoms with Gasteiger partial charge in [-0.25, -0.2) is 36.5 Å². The highest BCUT2D eigenvalue weighted by Gasteiger charge is 2.21. The summed E-state index contributed by atoms with van der Waals surface area (Å²) in [6.07, 6.45) is 0. The standard InChI is InChI=1S/2C15H14F2N4O2/c2*1-7-3-4-9(5-10(7)17)8(2)21-13-12(11(6-16)20-21)14(22)19-15(23)18-13/h2*3-5,8H,6H2,1-2H3,(H2,18,19,22,23)/t2*8-/m10/s1. The number of aromatic nitrogens is 8. The first kappa shape index (κ1) is 31.9. The molecule has 2 aromatic carbocycles. The Balaban J connectivity index is 0.000000181. The molecule has 0 spiro atoms. The van der Waals surface area contributed by atoms with Crippen LogP contribution >= 0.6 is 0 Å². The molecule has 0 fully saturated rings. The van der Waals surface area contributed by atoms with Gasteiger partial charge in [-0.3, -0.25) is 29.5 Å². The van der Waals surface area contributed by atoms with Crippen LogP contribution in [0, 0.1) is 25.5 Å². The smallest absolute Gasteiger partial charge is 0.291 e. The van der Waals surface area contributed by atoms with Crippen LogP contribution in [0.15, 0.2) is 55.6 Å². The molecule has 4 N–H and O–H groups in total. The molecule has 6 rings (SSSR count). The summed E-state index contributed by atoms with van der Waals surface area (Å²) in [5.74, 6) is -0.745. The first-order chi connectivity index (χ1) is 21.8. The number of hydrogen-bond acceptors (Lipinski definition) is 6. The number of nitrogens with one attached hydrogen (secondary N) is 4. The fourth-order valence-corrected chi connectivity index (χ4v) is 5.06. The second-order valence-corrected chi connectivity index (χ2v) is 10.7. The van der Waals surface area contributed by atoms with Gasteiger partial charge in [0.2, 0.25) is 0 Å². The fourth-order valence-electron chi connectivity index (χ4n) is 5.06. The van der Waals surface area contributed by atoms with E-state index in [1.54, 1.807) is 52.0 Å². The topological polar surface area (TPSA) is 167 Å². The summed E-state index contributed by atoms with van der Waals surface area (Å²) in [4.78, 5) is 55.8. The molecule has 46 heavy (non-hydrogen) atoms. The molecule has 0 radical (unpaired) electrons. The predicted octanol–water partition coefficient (Wildman–Crippen LogP) is 3.88. The molecule has 0 saturated heterocycles. The molecule has 0 aliphatic carbocycles. The fraction of sp³-hybridized carbons (Fsp3) is 0.267. The molecule has 0 amide bonds. The number of alkyl halides is 2. The number of rotatable bonds is 6. The van der Waals surface area contributed by atoms with E-state index in [0.29, 0.717) is 22.3 Å². The van der Waals surface area contributed by atoms with Gasteiger partial charge in [0.1, 0.15) is 58.4 Å². The van der Waals surface area contributed by atoms with Crippen molar-refractivity contribution in [2.45, 2.75) is 53.1 Å². The SMILES string of the molecule is Cc1ccc([C@@H](C)n2nc(CF)c3c(=O)[nH]c(=O)[nH]c32)cc1F.Cc1ccc([C@H](C)n2nc(CF)c3c(=O)[nH]c(=O)[nH]c32)cc1F. The molecule has 12 nitrogen and oxygen atoms in total. The Morgan fingerprint density at radius 3 is 1.35 bits per heavy atom. The van der Waals surface area contributed by atoms with Crippen LogP contribution in [-0.4, -0.2) is 39.5 Å². The van der Waals surface area contributed by atoms with E-state index < -0.39 is 47.9 Å².